The monoisotopic (exact) mass is 370 g/mol. The van der Waals surface area contributed by atoms with Crippen molar-refractivity contribution in [1.29, 1.82) is 0 Å². The molecule has 27 heavy (non-hydrogen) atoms. The van der Waals surface area contributed by atoms with Crippen LogP contribution in [-0.2, 0) is 5.41 Å². The number of aliphatic hydroxyl groups is 1. The van der Waals surface area contributed by atoms with Crippen LogP contribution in [0.1, 0.15) is 59.1 Å². The van der Waals surface area contributed by atoms with Crippen LogP contribution in [0.25, 0.3) is 0 Å². The Labute approximate surface area is 164 Å². The maximum atomic E-state index is 9.89. The number of hydrogen-bond donors (Lipinski definition) is 3. The van der Waals surface area contributed by atoms with E-state index in [0.717, 1.165) is 17.5 Å². The van der Waals surface area contributed by atoms with E-state index < -0.39 is 5.41 Å². The highest BCUT2D eigenvalue weighted by molar-refractivity contribution is 5.46. The van der Waals surface area contributed by atoms with Crippen molar-refractivity contribution in [2.45, 2.75) is 53.4 Å². The van der Waals surface area contributed by atoms with Crippen molar-refractivity contribution in [2.75, 3.05) is 0 Å². The Balaban J connectivity index is 0.00000158. The molecule has 0 heterocycles. The fraction of sp³-hybridized carbons (Fsp3) is 0.333. The van der Waals surface area contributed by atoms with Crippen molar-refractivity contribution in [3.8, 4) is 11.5 Å². The largest absolute Gasteiger partial charge is 0.508 e. The number of hydrogen-bond acceptors (Lipinski definition) is 3. The average Bonchev–Trinajstić information content (AvgIpc) is 2.70. The summed E-state index contributed by atoms with van der Waals surface area (Å²) in [5, 5.41) is 28.9. The second-order valence-corrected chi connectivity index (χ2v) is 5.67. The Morgan fingerprint density at radius 2 is 1.19 bits per heavy atom. The molecule has 3 heteroatoms. The molecule has 2 aromatic carbocycles. The Bertz CT molecular complexity index is 650. The van der Waals surface area contributed by atoms with E-state index in [1.807, 2.05) is 71.9 Å². The number of phenols is 2. The van der Waals surface area contributed by atoms with Crippen molar-refractivity contribution in [3.05, 3.63) is 83.6 Å². The highest BCUT2D eigenvalue weighted by Gasteiger charge is 2.26. The molecule has 3 nitrogen and oxygen atoms in total. The molecule has 0 aliphatic rings. The van der Waals surface area contributed by atoms with Crippen LogP contribution >= 0.6 is 0 Å². The van der Waals surface area contributed by atoms with Gasteiger partial charge in [-0.05, 0) is 60.9 Å². The lowest BCUT2D eigenvalue weighted by Crippen LogP contribution is -2.20. The number of phenolic OH excluding ortho intramolecular Hbond substituents is 2. The van der Waals surface area contributed by atoms with Gasteiger partial charge in [0.25, 0.3) is 0 Å². The number of benzene rings is 2. The van der Waals surface area contributed by atoms with Gasteiger partial charge < -0.3 is 15.3 Å². The maximum Gasteiger partial charge on any atom is 0.115 e. The van der Waals surface area contributed by atoms with E-state index in [0.29, 0.717) is 0 Å². The van der Waals surface area contributed by atoms with E-state index in [1.54, 1.807) is 36.4 Å². The van der Waals surface area contributed by atoms with Crippen LogP contribution in [0.4, 0.5) is 0 Å². The summed E-state index contributed by atoms with van der Waals surface area (Å²) in [5.74, 6) is 0.635. The van der Waals surface area contributed by atoms with Gasteiger partial charge in [-0.15, -0.1) is 0 Å². The van der Waals surface area contributed by atoms with Crippen LogP contribution in [0.5, 0.6) is 11.5 Å². The summed E-state index contributed by atoms with van der Waals surface area (Å²) in [4.78, 5) is 0. The average molecular weight is 371 g/mol. The van der Waals surface area contributed by atoms with Gasteiger partial charge in [-0.3, -0.25) is 0 Å². The number of rotatable bonds is 5. The van der Waals surface area contributed by atoms with Gasteiger partial charge in [-0.25, -0.2) is 0 Å². The second kappa shape index (κ2) is 12.6. The predicted octanol–water partition coefficient (Wildman–Crippen LogP) is 6.86. The lowest BCUT2D eigenvalue weighted by Gasteiger charge is -2.28. The van der Waals surface area contributed by atoms with Gasteiger partial charge in [-0.1, -0.05) is 65.0 Å². The van der Waals surface area contributed by atoms with Gasteiger partial charge in [0.15, 0.2) is 0 Å². The van der Waals surface area contributed by atoms with Crippen molar-refractivity contribution in [2.24, 2.45) is 0 Å². The van der Waals surface area contributed by atoms with Gasteiger partial charge in [0.1, 0.15) is 17.3 Å². The molecule has 0 saturated carbocycles. The molecule has 0 aliphatic heterocycles. The van der Waals surface area contributed by atoms with Crippen LogP contribution in [0, 0.1) is 0 Å². The summed E-state index contributed by atoms with van der Waals surface area (Å²) in [6.07, 6.45) is 6.10. The maximum absolute atomic E-state index is 9.89. The lowest BCUT2D eigenvalue weighted by atomic mass is 9.76. The van der Waals surface area contributed by atoms with E-state index in [-0.39, 0.29) is 17.3 Å². The minimum absolute atomic E-state index is 0.208. The zero-order valence-electron chi connectivity index (χ0n) is 17.4. The summed E-state index contributed by atoms with van der Waals surface area (Å²) in [5.41, 5.74) is 1.44. The molecule has 0 aliphatic carbocycles. The van der Waals surface area contributed by atoms with Crippen LogP contribution < -0.4 is 0 Å². The van der Waals surface area contributed by atoms with Crippen molar-refractivity contribution in [3.63, 3.8) is 0 Å². The Hall–Kier alpha value is -2.68. The standard InChI is InChI=1S/C20H22O3.2C2H6/c1-3-4-17(21)13-14-20(2,15-5-9-18(22)10-6-15)16-7-11-19(23)12-8-16;2*1-2/h4-14,21-23H,3H2,1-2H3;2*1-2H3/b14-13-,17-4+;;. The summed E-state index contributed by atoms with van der Waals surface area (Å²) in [7, 11) is 0. The first-order chi connectivity index (χ1) is 13.0. The van der Waals surface area contributed by atoms with Gasteiger partial charge in [0.05, 0.1) is 0 Å². The number of aliphatic hydroxyl groups excluding tert-OH is 1. The minimum atomic E-state index is -0.503. The molecule has 3 N–H and O–H groups in total. The molecule has 148 valence electrons. The summed E-state index contributed by atoms with van der Waals surface area (Å²) >= 11 is 0. The molecule has 0 fully saturated rings. The van der Waals surface area contributed by atoms with E-state index in [4.69, 9.17) is 0 Å². The topological polar surface area (TPSA) is 60.7 Å². The van der Waals surface area contributed by atoms with E-state index in [1.165, 1.54) is 0 Å². The summed E-state index contributed by atoms with van der Waals surface area (Å²) in [6, 6.07) is 14.0. The SMILES string of the molecule is CC.CC.CC/C=C(O)\C=C/C(C)(c1ccc(O)cc1)c1ccc(O)cc1. The number of aromatic hydroxyl groups is 2. The lowest BCUT2D eigenvalue weighted by molar-refractivity contribution is 0.428. The van der Waals surface area contributed by atoms with Crippen LogP contribution in [-0.4, -0.2) is 15.3 Å². The van der Waals surface area contributed by atoms with Crippen molar-refractivity contribution < 1.29 is 15.3 Å². The molecular weight excluding hydrogens is 336 g/mol. The minimum Gasteiger partial charge on any atom is -0.508 e. The van der Waals surface area contributed by atoms with E-state index in [2.05, 4.69) is 0 Å². The van der Waals surface area contributed by atoms with Crippen LogP contribution in [0.15, 0.2) is 72.5 Å². The molecule has 2 aromatic rings. The predicted molar refractivity (Wildman–Crippen MR) is 116 cm³/mol. The molecule has 0 atom stereocenters. The first-order valence-electron chi connectivity index (χ1n) is 9.63. The molecule has 0 spiro atoms. The first kappa shape index (κ1) is 24.3. The van der Waals surface area contributed by atoms with Crippen molar-refractivity contribution in [1.82, 2.24) is 0 Å². The van der Waals surface area contributed by atoms with E-state index >= 15 is 0 Å². The Morgan fingerprint density at radius 3 is 1.52 bits per heavy atom. The Kier molecular flexibility index (Phi) is 11.4. The third kappa shape index (κ3) is 7.22. The van der Waals surface area contributed by atoms with Gasteiger partial charge in [0, 0.05) is 5.41 Å². The zero-order chi connectivity index (χ0) is 20.9. The smallest absolute Gasteiger partial charge is 0.115 e. The second-order valence-electron chi connectivity index (χ2n) is 5.67. The quantitative estimate of drug-likeness (QED) is 0.398. The molecule has 0 amide bonds. The molecule has 2 rings (SSSR count). The molecule has 0 saturated heterocycles. The summed E-state index contributed by atoms with van der Waals surface area (Å²) < 4.78 is 0. The third-order valence-corrected chi connectivity index (χ3v) is 3.93. The van der Waals surface area contributed by atoms with Gasteiger partial charge in [-0.2, -0.15) is 0 Å². The van der Waals surface area contributed by atoms with Gasteiger partial charge in [0.2, 0.25) is 0 Å². The molecular formula is C24H34O3. The zero-order valence-corrected chi connectivity index (χ0v) is 17.4. The van der Waals surface area contributed by atoms with Gasteiger partial charge >= 0.3 is 0 Å². The van der Waals surface area contributed by atoms with Crippen LogP contribution in [0.2, 0.25) is 0 Å². The number of allylic oxidation sites excluding steroid dienone is 3. The fourth-order valence-electron chi connectivity index (χ4n) is 2.50. The first-order valence-corrected chi connectivity index (χ1v) is 9.63. The van der Waals surface area contributed by atoms with E-state index in [9.17, 15) is 15.3 Å². The normalized spacial score (nSPS) is 11.3. The van der Waals surface area contributed by atoms with Crippen molar-refractivity contribution >= 4 is 0 Å². The third-order valence-electron chi connectivity index (χ3n) is 3.93. The van der Waals surface area contributed by atoms with Crippen LogP contribution in [0.3, 0.4) is 0 Å². The molecule has 0 aromatic heterocycles. The molecule has 0 unspecified atom stereocenters. The fourth-order valence-corrected chi connectivity index (χ4v) is 2.50. The molecule has 0 bridgehead atoms. The highest BCUT2D eigenvalue weighted by atomic mass is 16.3. The highest BCUT2D eigenvalue weighted by Crippen LogP contribution is 2.35. The molecule has 0 radical (unpaired) electrons. The summed E-state index contributed by atoms with van der Waals surface area (Å²) in [6.45, 7) is 12.0. The Morgan fingerprint density at radius 1 is 0.815 bits per heavy atom.